The van der Waals surface area contributed by atoms with Gasteiger partial charge in [-0.2, -0.15) is 4.57 Å². The average Bonchev–Trinajstić information content (AvgIpc) is 2.47. The molecule has 0 aliphatic carbocycles. The molecular formula is C16H17N2O3+. The highest BCUT2D eigenvalue weighted by Crippen LogP contribution is 2.08. The lowest BCUT2D eigenvalue weighted by Gasteiger charge is -2.07. The molecule has 1 heterocycles. The van der Waals surface area contributed by atoms with Crippen LogP contribution >= 0.6 is 0 Å². The molecule has 0 saturated heterocycles. The highest BCUT2D eigenvalue weighted by molar-refractivity contribution is 5.96. The van der Waals surface area contributed by atoms with Crippen LogP contribution in [0.15, 0.2) is 49.1 Å². The van der Waals surface area contributed by atoms with E-state index in [0.717, 1.165) is 0 Å². The molecule has 0 aliphatic heterocycles. The molecule has 0 aliphatic rings. The first-order valence-corrected chi connectivity index (χ1v) is 6.69. The zero-order valence-electron chi connectivity index (χ0n) is 12.0. The van der Waals surface area contributed by atoms with Gasteiger partial charge in [0.15, 0.2) is 12.4 Å². The van der Waals surface area contributed by atoms with Gasteiger partial charge in [0.05, 0.1) is 24.1 Å². The lowest BCUT2D eigenvalue weighted by molar-refractivity contribution is -0.683. The van der Waals surface area contributed by atoms with E-state index in [1.54, 1.807) is 67.5 Å². The van der Waals surface area contributed by atoms with Crippen molar-refractivity contribution in [2.24, 2.45) is 0 Å². The van der Waals surface area contributed by atoms with Crippen molar-refractivity contribution in [1.29, 1.82) is 0 Å². The van der Waals surface area contributed by atoms with Crippen LogP contribution in [0.5, 0.6) is 0 Å². The normalized spacial score (nSPS) is 10.4. The summed E-state index contributed by atoms with van der Waals surface area (Å²) in [4.78, 5) is 27.7. The van der Waals surface area contributed by atoms with E-state index in [1.807, 2.05) is 0 Å². The van der Waals surface area contributed by atoms with E-state index in [2.05, 4.69) is 4.98 Å². The van der Waals surface area contributed by atoms with E-state index >= 15 is 0 Å². The largest absolute Gasteiger partial charge is 0.459 e. The standard InChI is InChI=1S/C16H17N2O3/c1-12(2)21-16(20)14-5-3-13(4-6-14)15(19)11-18-9-7-17-8-10-18/h3-10,12H,11H2,1-2H3/q+1. The number of nitrogens with zero attached hydrogens (tertiary/aromatic N) is 2. The Morgan fingerprint density at radius 3 is 2.24 bits per heavy atom. The van der Waals surface area contributed by atoms with Crippen molar-refractivity contribution in [2.45, 2.75) is 26.5 Å². The predicted molar refractivity (Wildman–Crippen MR) is 75.8 cm³/mol. The fourth-order valence-corrected chi connectivity index (χ4v) is 1.78. The molecule has 21 heavy (non-hydrogen) atoms. The van der Waals surface area contributed by atoms with Crippen molar-refractivity contribution in [3.63, 3.8) is 0 Å². The molecule has 0 N–H and O–H groups in total. The Labute approximate surface area is 123 Å². The van der Waals surface area contributed by atoms with Gasteiger partial charge in [-0.3, -0.25) is 9.78 Å². The molecule has 0 bridgehead atoms. The molecule has 2 aromatic rings. The maximum absolute atomic E-state index is 12.1. The fraction of sp³-hybridized carbons (Fsp3) is 0.250. The molecular weight excluding hydrogens is 268 g/mol. The van der Waals surface area contributed by atoms with Gasteiger partial charge in [-0.25, -0.2) is 4.79 Å². The van der Waals surface area contributed by atoms with Gasteiger partial charge in [0.2, 0.25) is 12.3 Å². The van der Waals surface area contributed by atoms with E-state index in [1.165, 1.54) is 0 Å². The van der Waals surface area contributed by atoms with Gasteiger partial charge in [-0.1, -0.05) is 12.1 Å². The van der Waals surface area contributed by atoms with Crippen molar-refractivity contribution >= 4 is 11.8 Å². The Bertz CT molecular complexity index is 622. The Kier molecular flexibility index (Phi) is 4.77. The number of aromatic nitrogens is 2. The third-order valence-corrected chi connectivity index (χ3v) is 2.80. The van der Waals surface area contributed by atoms with Crippen LogP contribution in [0.4, 0.5) is 0 Å². The quantitative estimate of drug-likeness (QED) is 0.477. The number of carbonyl (C=O) groups excluding carboxylic acids is 2. The number of hydrogen-bond acceptors (Lipinski definition) is 4. The lowest BCUT2D eigenvalue weighted by atomic mass is 10.1. The van der Waals surface area contributed by atoms with Crippen LogP contribution in [-0.4, -0.2) is 22.8 Å². The van der Waals surface area contributed by atoms with E-state index in [0.29, 0.717) is 11.1 Å². The van der Waals surface area contributed by atoms with Crippen molar-refractivity contribution in [3.05, 3.63) is 60.2 Å². The summed E-state index contributed by atoms with van der Waals surface area (Å²) < 4.78 is 6.84. The molecule has 0 atom stereocenters. The van der Waals surface area contributed by atoms with Crippen LogP contribution in [0, 0.1) is 0 Å². The minimum Gasteiger partial charge on any atom is -0.459 e. The topological polar surface area (TPSA) is 60.1 Å². The molecule has 0 fully saturated rings. The van der Waals surface area contributed by atoms with Gasteiger partial charge >= 0.3 is 5.97 Å². The Balaban J connectivity index is 2.05. The molecule has 1 aromatic carbocycles. The maximum Gasteiger partial charge on any atom is 0.338 e. The average molecular weight is 285 g/mol. The first-order valence-electron chi connectivity index (χ1n) is 6.69. The van der Waals surface area contributed by atoms with Crippen molar-refractivity contribution in [1.82, 2.24) is 4.98 Å². The van der Waals surface area contributed by atoms with Crippen LogP contribution < -0.4 is 4.57 Å². The second-order valence-corrected chi connectivity index (χ2v) is 4.87. The van der Waals surface area contributed by atoms with E-state index < -0.39 is 0 Å². The summed E-state index contributed by atoms with van der Waals surface area (Å²) in [6.07, 6.45) is 6.54. The Morgan fingerprint density at radius 1 is 1.10 bits per heavy atom. The number of esters is 1. The first-order chi connectivity index (χ1) is 10.1. The third-order valence-electron chi connectivity index (χ3n) is 2.80. The summed E-state index contributed by atoms with van der Waals surface area (Å²) in [6, 6.07) is 6.49. The molecule has 1 aromatic heterocycles. The summed E-state index contributed by atoms with van der Waals surface area (Å²) >= 11 is 0. The molecule has 0 spiro atoms. The number of rotatable bonds is 5. The smallest absolute Gasteiger partial charge is 0.338 e. The predicted octanol–water partition coefficient (Wildman–Crippen LogP) is 1.82. The van der Waals surface area contributed by atoms with E-state index in [9.17, 15) is 9.59 Å². The minimum atomic E-state index is -0.382. The number of benzene rings is 1. The molecule has 0 amide bonds. The molecule has 0 unspecified atom stereocenters. The third kappa shape index (κ3) is 4.21. The van der Waals surface area contributed by atoms with Crippen LogP contribution in [0.1, 0.15) is 34.6 Å². The highest BCUT2D eigenvalue weighted by atomic mass is 16.5. The molecule has 0 radical (unpaired) electrons. The monoisotopic (exact) mass is 285 g/mol. The van der Waals surface area contributed by atoms with Crippen molar-refractivity contribution < 1.29 is 18.9 Å². The number of ether oxygens (including phenoxy) is 1. The maximum atomic E-state index is 12.1. The van der Waals surface area contributed by atoms with Crippen LogP contribution in [-0.2, 0) is 11.3 Å². The van der Waals surface area contributed by atoms with Gasteiger partial charge < -0.3 is 4.74 Å². The summed E-state index contributed by atoms with van der Waals surface area (Å²) in [5, 5.41) is 0. The van der Waals surface area contributed by atoms with Gasteiger partial charge in [0, 0.05) is 5.56 Å². The first kappa shape index (κ1) is 14.8. The number of hydrogen-bond donors (Lipinski definition) is 0. The zero-order chi connectivity index (χ0) is 15.2. The number of ketones is 1. The zero-order valence-corrected chi connectivity index (χ0v) is 12.0. The van der Waals surface area contributed by atoms with E-state index in [4.69, 9.17) is 4.74 Å². The number of carbonyl (C=O) groups is 2. The Hall–Kier alpha value is -2.56. The summed E-state index contributed by atoms with van der Waals surface area (Å²) in [7, 11) is 0. The Morgan fingerprint density at radius 2 is 1.67 bits per heavy atom. The molecule has 0 saturated carbocycles. The van der Waals surface area contributed by atoms with Gasteiger partial charge in [0.1, 0.15) is 0 Å². The second-order valence-electron chi connectivity index (χ2n) is 4.87. The molecule has 108 valence electrons. The highest BCUT2D eigenvalue weighted by Gasteiger charge is 2.14. The number of Topliss-reactive ketones (excluding diaryl/α,β-unsaturated/α-hetero) is 1. The van der Waals surface area contributed by atoms with Gasteiger partial charge in [-0.15, -0.1) is 0 Å². The SMILES string of the molecule is CC(C)OC(=O)c1ccc(C(=O)C[n+]2ccncc2)cc1. The van der Waals surface area contributed by atoms with Crippen molar-refractivity contribution in [2.75, 3.05) is 0 Å². The van der Waals surface area contributed by atoms with Gasteiger partial charge in [0.25, 0.3) is 0 Å². The summed E-state index contributed by atoms with van der Waals surface area (Å²) in [6.45, 7) is 3.82. The molecule has 5 heteroatoms. The van der Waals surface area contributed by atoms with Gasteiger partial charge in [-0.05, 0) is 26.0 Å². The fourth-order valence-electron chi connectivity index (χ4n) is 1.78. The van der Waals surface area contributed by atoms with Crippen LogP contribution in [0.25, 0.3) is 0 Å². The molecule has 5 nitrogen and oxygen atoms in total. The van der Waals surface area contributed by atoms with E-state index in [-0.39, 0.29) is 24.4 Å². The lowest BCUT2D eigenvalue weighted by Crippen LogP contribution is -2.37. The summed E-state index contributed by atoms with van der Waals surface area (Å²) in [5.41, 5.74) is 0.997. The minimum absolute atomic E-state index is 0.0324. The van der Waals surface area contributed by atoms with Crippen LogP contribution in [0.2, 0.25) is 0 Å². The molecule has 2 rings (SSSR count). The van der Waals surface area contributed by atoms with Crippen LogP contribution in [0.3, 0.4) is 0 Å². The summed E-state index contributed by atoms with van der Waals surface area (Å²) in [5.74, 6) is -0.414. The second kappa shape index (κ2) is 6.74. The van der Waals surface area contributed by atoms with Crippen molar-refractivity contribution in [3.8, 4) is 0 Å².